The smallest absolute Gasteiger partial charge is 0.250 e. The maximum Gasteiger partial charge on any atom is 0.250 e. The van der Waals surface area contributed by atoms with Gasteiger partial charge in [0.15, 0.2) is 17.5 Å². The highest BCUT2D eigenvalue weighted by atomic mass is 32.1. The zero-order valence-electron chi connectivity index (χ0n) is 16.0. The van der Waals surface area contributed by atoms with E-state index in [2.05, 4.69) is 19.9 Å². The lowest BCUT2D eigenvalue weighted by Crippen LogP contribution is -2.16. The van der Waals surface area contributed by atoms with Crippen LogP contribution < -0.4 is 16.0 Å². The van der Waals surface area contributed by atoms with Crippen LogP contribution in [-0.2, 0) is 6.54 Å². The van der Waals surface area contributed by atoms with Crippen LogP contribution in [0.4, 0.5) is 11.6 Å². The SMILES string of the molecule is CN(C)c1nnc(-c2snc3c(C(N)=O)cccc23)nc1NCc1ccccc1. The molecule has 146 valence electrons. The number of carbonyl (C=O) groups excluding carboxylic acids is 1. The standard InChI is InChI=1S/C20H19N7OS/c1-27(2)20-19(22-11-12-7-4-3-5-8-12)23-18(24-25-20)16-13-9-6-10-14(17(21)28)15(13)26-29-16/h3-10H,11H2,1-2H3,(H2,21,28)(H,22,23,24). The van der Waals surface area contributed by atoms with Gasteiger partial charge in [-0.15, -0.1) is 10.2 Å². The molecule has 29 heavy (non-hydrogen) atoms. The Balaban J connectivity index is 1.74. The summed E-state index contributed by atoms with van der Waals surface area (Å²) in [6.45, 7) is 0.606. The van der Waals surface area contributed by atoms with E-state index in [1.807, 2.05) is 55.4 Å². The van der Waals surface area contributed by atoms with E-state index in [1.54, 1.807) is 12.1 Å². The molecule has 2 aromatic carbocycles. The summed E-state index contributed by atoms with van der Waals surface area (Å²) in [4.78, 5) is 19.0. The quantitative estimate of drug-likeness (QED) is 0.507. The maximum absolute atomic E-state index is 11.7. The van der Waals surface area contributed by atoms with Crippen molar-refractivity contribution in [2.24, 2.45) is 5.73 Å². The molecule has 0 aliphatic rings. The Kier molecular flexibility index (Phi) is 5.05. The second kappa shape index (κ2) is 7.80. The van der Waals surface area contributed by atoms with E-state index in [0.717, 1.165) is 15.8 Å². The first kappa shape index (κ1) is 18.8. The normalized spacial score (nSPS) is 10.8. The number of amides is 1. The summed E-state index contributed by atoms with van der Waals surface area (Å²) in [7, 11) is 3.78. The number of fused-ring (bicyclic) bond motifs is 1. The minimum atomic E-state index is -0.514. The molecule has 9 heteroatoms. The Bertz CT molecular complexity index is 1170. The number of carbonyl (C=O) groups is 1. The molecule has 0 bridgehead atoms. The lowest BCUT2D eigenvalue weighted by molar-refractivity contribution is 0.100. The molecule has 0 spiro atoms. The fourth-order valence-electron chi connectivity index (χ4n) is 2.94. The third-order valence-corrected chi connectivity index (χ3v) is 5.23. The van der Waals surface area contributed by atoms with Gasteiger partial charge in [-0.2, -0.15) is 4.37 Å². The molecule has 0 radical (unpaired) electrons. The largest absolute Gasteiger partial charge is 0.366 e. The molecule has 2 aromatic heterocycles. The highest BCUT2D eigenvalue weighted by molar-refractivity contribution is 7.11. The number of rotatable bonds is 6. The Morgan fingerprint density at radius 2 is 1.90 bits per heavy atom. The van der Waals surface area contributed by atoms with Crippen molar-refractivity contribution in [3.05, 3.63) is 59.7 Å². The Hall–Kier alpha value is -3.59. The van der Waals surface area contributed by atoms with E-state index in [9.17, 15) is 4.79 Å². The van der Waals surface area contributed by atoms with Crippen molar-refractivity contribution < 1.29 is 4.79 Å². The first-order chi connectivity index (χ1) is 14.0. The van der Waals surface area contributed by atoms with Crippen LogP contribution in [0.5, 0.6) is 0 Å². The van der Waals surface area contributed by atoms with Gasteiger partial charge in [-0.1, -0.05) is 42.5 Å². The molecule has 0 atom stereocenters. The van der Waals surface area contributed by atoms with Crippen molar-refractivity contribution in [3.8, 4) is 10.7 Å². The van der Waals surface area contributed by atoms with Crippen LogP contribution >= 0.6 is 11.5 Å². The van der Waals surface area contributed by atoms with E-state index < -0.39 is 5.91 Å². The number of hydrogen-bond acceptors (Lipinski definition) is 8. The number of nitrogens with two attached hydrogens (primary N) is 1. The van der Waals surface area contributed by atoms with Gasteiger partial charge in [0, 0.05) is 26.0 Å². The monoisotopic (exact) mass is 405 g/mol. The minimum absolute atomic E-state index is 0.380. The molecule has 0 fully saturated rings. The van der Waals surface area contributed by atoms with Crippen LogP contribution in [0.1, 0.15) is 15.9 Å². The summed E-state index contributed by atoms with van der Waals surface area (Å²) >= 11 is 1.22. The minimum Gasteiger partial charge on any atom is -0.366 e. The number of primary amides is 1. The maximum atomic E-state index is 11.7. The molecule has 4 rings (SSSR count). The predicted octanol–water partition coefficient (Wildman–Crippen LogP) is 2.93. The zero-order valence-corrected chi connectivity index (χ0v) is 16.8. The highest BCUT2D eigenvalue weighted by Gasteiger charge is 2.18. The van der Waals surface area contributed by atoms with Gasteiger partial charge in [0.2, 0.25) is 0 Å². The van der Waals surface area contributed by atoms with Crippen molar-refractivity contribution in [1.29, 1.82) is 0 Å². The van der Waals surface area contributed by atoms with Crippen LogP contribution in [0, 0.1) is 0 Å². The molecule has 4 aromatic rings. The molecule has 0 unspecified atom stereocenters. The number of aromatic nitrogens is 4. The lowest BCUT2D eigenvalue weighted by Gasteiger charge is -2.16. The third-order valence-electron chi connectivity index (χ3n) is 4.37. The van der Waals surface area contributed by atoms with Crippen LogP contribution in [0.15, 0.2) is 48.5 Å². The van der Waals surface area contributed by atoms with E-state index >= 15 is 0 Å². The first-order valence-electron chi connectivity index (χ1n) is 8.93. The van der Waals surface area contributed by atoms with Crippen LogP contribution in [-0.4, -0.2) is 39.6 Å². The van der Waals surface area contributed by atoms with E-state index in [1.165, 1.54) is 11.5 Å². The summed E-state index contributed by atoms with van der Waals surface area (Å²) in [6.07, 6.45) is 0. The molecule has 2 heterocycles. The molecule has 8 nitrogen and oxygen atoms in total. The van der Waals surface area contributed by atoms with Crippen molar-refractivity contribution in [2.45, 2.75) is 6.54 Å². The summed E-state index contributed by atoms with van der Waals surface area (Å²) < 4.78 is 4.40. The van der Waals surface area contributed by atoms with E-state index in [-0.39, 0.29) is 0 Å². The van der Waals surface area contributed by atoms with Gasteiger partial charge in [-0.3, -0.25) is 4.79 Å². The predicted molar refractivity (Wildman–Crippen MR) is 115 cm³/mol. The molecular weight excluding hydrogens is 386 g/mol. The lowest BCUT2D eigenvalue weighted by atomic mass is 10.1. The molecule has 0 aliphatic heterocycles. The van der Waals surface area contributed by atoms with Crippen molar-refractivity contribution in [1.82, 2.24) is 19.6 Å². The second-order valence-electron chi connectivity index (χ2n) is 6.62. The van der Waals surface area contributed by atoms with Crippen molar-refractivity contribution in [2.75, 3.05) is 24.3 Å². The molecule has 0 aliphatic carbocycles. The van der Waals surface area contributed by atoms with Crippen LogP contribution in [0.2, 0.25) is 0 Å². The number of hydrogen-bond donors (Lipinski definition) is 2. The summed E-state index contributed by atoms with van der Waals surface area (Å²) in [5, 5.41) is 12.8. The Morgan fingerprint density at radius 1 is 1.10 bits per heavy atom. The second-order valence-corrected chi connectivity index (χ2v) is 7.39. The van der Waals surface area contributed by atoms with E-state index in [4.69, 9.17) is 10.7 Å². The average molecular weight is 405 g/mol. The third kappa shape index (κ3) is 3.72. The van der Waals surface area contributed by atoms with Gasteiger partial charge >= 0.3 is 0 Å². The topological polar surface area (TPSA) is 110 Å². The van der Waals surface area contributed by atoms with Gasteiger partial charge in [0.25, 0.3) is 5.91 Å². The Labute approximate surface area is 171 Å². The van der Waals surface area contributed by atoms with Gasteiger partial charge in [0.05, 0.1) is 11.1 Å². The van der Waals surface area contributed by atoms with Gasteiger partial charge in [0.1, 0.15) is 4.88 Å². The fourth-order valence-corrected chi connectivity index (χ4v) is 3.75. The van der Waals surface area contributed by atoms with Gasteiger partial charge < -0.3 is 16.0 Å². The molecule has 1 amide bonds. The Morgan fingerprint density at radius 3 is 2.62 bits per heavy atom. The van der Waals surface area contributed by atoms with Crippen LogP contribution in [0.25, 0.3) is 21.6 Å². The summed E-state index contributed by atoms with van der Waals surface area (Å²) in [6, 6.07) is 15.4. The van der Waals surface area contributed by atoms with E-state index in [0.29, 0.717) is 35.1 Å². The number of nitrogens with one attached hydrogen (secondary N) is 1. The van der Waals surface area contributed by atoms with Gasteiger partial charge in [-0.05, 0) is 23.2 Å². The molecule has 3 N–H and O–H groups in total. The van der Waals surface area contributed by atoms with Gasteiger partial charge in [-0.25, -0.2) is 4.98 Å². The fraction of sp³-hybridized carbons (Fsp3) is 0.150. The summed E-state index contributed by atoms with van der Waals surface area (Å²) in [5.74, 6) is 1.19. The first-order valence-corrected chi connectivity index (χ1v) is 9.70. The number of nitrogens with zero attached hydrogens (tertiary/aromatic N) is 5. The number of benzene rings is 2. The average Bonchev–Trinajstić information content (AvgIpc) is 3.16. The molecule has 0 saturated heterocycles. The summed E-state index contributed by atoms with van der Waals surface area (Å²) in [5.41, 5.74) is 7.53. The van der Waals surface area contributed by atoms with Crippen molar-refractivity contribution >= 4 is 40.0 Å². The van der Waals surface area contributed by atoms with Crippen LogP contribution in [0.3, 0.4) is 0 Å². The zero-order chi connectivity index (χ0) is 20.4. The van der Waals surface area contributed by atoms with Crippen molar-refractivity contribution in [3.63, 3.8) is 0 Å². The number of anilines is 2. The highest BCUT2D eigenvalue weighted by Crippen LogP contribution is 2.33. The molecular formula is C20H19N7OS. The molecule has 0 saturated carbocycles.